The Morgan fingerprint density at radius 2 is 1.76 bits per heavy atom. The molecule has 1 aliphatic rings. The van der Waals surface area contributed by atoms with E-state index in [1.165, 1.54) is 0 Å². The molecule has 1 aromatic carbocycles. The van der Waals surface area contributed by atoms with Crippen molar-refractivity contribution >= 4 is 11.9 Å². The topological polar surface area (TPSA) is 59.8 Å². The van der Waals surface area contributed by atoms with Gasteiger partial charge in [-0.05, 0) is 39.2 Å². The summed E-state index contributed by atoms with van der Waals surface area (Å²) in [6.07, 6.45) is 2.18. The number of furan rings is 1. The molecule has 0 aliphatic carbocycles. The number of nitrogens with zero attached hydrogens (tertiary/aromatic N) is 1. The molecule has 1 fully saturated rings. The predicted octanol–water partition coefficient (Wildman–Crippen LogP) is 3.81. The van der Waals surface area contributed by atoms with Crippen LogP contribution in [0.3, 0.4) is 0 Å². The van der Waals surface area contributed by atoms with Gasteiger partial charge in [-0.3, -0.25) is 4.79 Å². The van der Waals surface area contributed by atoms with E-state index in [0.717, 1.165) is 19.3 Å². The van der Waals surface area contributed by atoms with Crippen molar-refractivity contribution < 1.29 is 18.7 Å². The van der Waals surface area contributed by atoms with Crippen molar-refractivity contribution in [2.75, 3.05) is 13.1 Å². The third-order valence-corrected chi connectivity index (χ3v) is 4.48. The Kier molecular flexibility index (Phi) is 5.22. The fourth-order valence-electron chi connectivity index (χ4n) is 3.17. The first kappa shape index (κ1) is 17.3. The Morgan fingerprint density at radius 1 is 1.08 bits per heavy atom. The van der Waals surface area contributed by atoms with Crippen LogP contribution in [-0.2, 0) is 9.53 Å². The van der Waals surface area contributed by atoms with Crippen molar-refractivity contribution in [2.24, 2.45) is 0 Å². The molecule has 0 spiro atoms. The number of rotatable bonds is 4. The number of ether oxygens (including phenoxy) is 1. The summed E-state index contributed by atoms with van der Waals surface area (Å²) in [7, 11) is 0. The first-order valence-corrected chi connectivity index (χ1v) is 8.68. The lowest BCUT2D eigenvalue weighted by Crippen LogP contribution is -2.40. The lowest BCUT2D eigenvalue weighted by atomic mass is 10.1. The smallest absolute Gasteiger partial charge is 0.342 e. The van der Waals surface area contributed by atoms with Gasteiger partial charge in [0.1, 0.15) is 17.1 Å². The van der Waals surface area contributed by atoms with E-state index in [4.69, 9.17) is 9.15 Å². The molecule has 5 nitrogen and oxygen atoms in total. The number of carbonyl (C=O) groups is 2. The van der Waals surface area contributed by atoms with Gasteiger partial charge < -0.3 is 14.1 Å². The molecule has 132 valence electrons. The average molecular weight is 341 g/mol. The van der Waals surface area contributed by atoms with Crippen LogP contribution in [0.4, 0.5) is 0 Å². The molecule has 0 N–H and O–H groups in total. The van der Waals surface area contributed by atoms with E-state index in [0.29, 0.717) is 35.7 Å². The predicted molar refractivity (Wildman–Crippen MR) is 93.2 cm³/mol. The number of amides is 1. The molecule has 1 unspecified atom stereocenters. The SMILES string of the molecule is Cc1cc(C(=O)OC(C(=O)N2CCCCC2)c2ccccc2)c(C)o1. The standard InChI is InChI=1S/C20H23NO4/c1-14-13-17(15(2)24-14)20(23)25-18(16-9-5-3-6-10-16)19(22)21-11-7-4-8-12-21/h3,5-6,9-10,13,18H,4,7-8,11-12H2,1-2H3. The molecule has 1 aliphatic heterocycles. The zero-order valence-electron chi connectivity index (χ0n) is 14.7. The molecule has 1 aromatic heterocycles. The highest BCUT2D eigenvalue weighted by molar-refractivity contribution is 5.93. The van der Waals surface area contributed by atoms with Gasteiger partial charge in [-0.1, -0.05) is 30.3 Å². The zero-order valence-corrected chi connectivity index (χ0v) is 14.7. The highest BCUT2D eigenvalue weighted by Gasteiger charge is 2.31. The van der Waals surface area contributed by atoms with Crippen LogP contribution in [0.1, 0.15) is 52.8 Å². The molecule has 0 saturated carbocycles. The summed E-state index contributed by atoms with van der Waals surface area (Å²) in [5.74, 6) is 0.452. The maximum absolute atomic E-state index is 13.0. The second-order valence-electron chi connectivity index (χ2n) is 6.41. The van der Waals surface area contributed by atoms with E-state index in [-0.39, 0.29) is 5.91 Å². The van der Waals surface area contributed by atoms with Crippen LogP contribution in [0.2, 0.25) is 0 Å². The summed E-state index contributed by atoms with van der Waals surface area (Å²) in [5.41, 5.74) is 1.05. The molecule has 25 heavy (non-hydrogen) atoms. The minimum Gasteiger partial charge on any atom is -0.466 e. The summed E-state index contributed by atoms with van der Waals surface area (Å²) >= 11 is 0. The summed E-state index contributed by atoms with van der Waals surface area (Å²) in [6.45, 7) is 4.91. The molecular formula is C20H23NO4. The van der Waals surface area contributed by atoms with E-state index >= 15 is 0 Å². The minimum absolute atomic E-state index is 0.155. The summed E-state index contributed by atoms with van der Waals surface area (Å²) in [4.78, 5) is 27.4. The van der Waals surface area contributed by atoms with Gasteiger partial charge >= 0.3 is 5.97 Å². The summed E-state index contributed by atoms with van der Waals surface area (Å²) in [5, 5.41) is 0. The van der Waals surface area contributed by atoms with Crippen molar-refractivity contribution in [2.45, 2.75) is 39.2 Å². The fraction of sp³-hybridized carbons (Fsp3) is 0.400. The number of carbonyl (C=O) groups excluding carboxylic acids is 2. The van der Waals surface area contributed by atoms with E-state index in [9.17, 15) is 9.59 Å². The average Bonchev–Trinajstić information content (AvgIpc) is 2.99. The molecular weight excluding hydrogens is 318 g/mol. The highest BCUT2D eigenvalue weighted by atomic mass is 16.5. The van der Waals surface area contributed by atoms with Gasteiger partial charge in [-0.25, -0.2) is 4.79 Å². The third kappa shape index (κ3) is 3.92. The Bertz CT molecular complexity index is 744. The maximum atomic E-state index is 13.0. The third-order valence-electron chi connectivity index (χ3n) is 4.48. The number of esters is 1. The molecule has 1 saturated heterocycles. The Morgan fingerprint density at radius 3 is 2.36 bits per heavy atom. The van der Waals surface area contributed by atoms with E-state index in [1.807, 2.05) is 30.3 Å². The van der Waals surface area contributed by atoms with Crippen molar-refractivity contribution in [3.8, 4) is 0 Å². The first-order valence-electron chi connectivity index (χ1n) is 8.68. The van der Waals surface area contributed by atoms with Gasteiger partial charge in [0.15, 0.2) is 0 Å². The van der Waals surface area contributed by atoms with E-state index in [2.05, 4.69) is 0 Å². The monoisotopic (exact) mass is 341 g/mol. The molecule has 2 heterocycles. The molecule has 1 amide bonds. The van der Waals surface area contributed by atoms with Gasteiger partial charge in [-0.2, -0.15) is 0 Å². The Labute approximate surface area is 147 Å². The van der Waals surface area contributed by atoms with Gasteiger partial charge in [-0.15, -0.1) is 0 Å². The molecule has 2 aromatic rings. The number of hydrogen-bond acceptors (Lipinski definition) is 4. The Hall–Kier alpha value is -2.56. The van der Waals surface area contributed by atoms with Crippen molar-refractivity contribution in [3.63, 3.8) is 0 Å². The van der Waals surface area contributed by atoms with Crippen molar-refractivity contribution in [1.29, 1.82) is 0 Å². The van der Waals surface area contributed by atoms with Gasteiger partial charge in [0, 0.05) is 18.7 Å². The van der Waals surface area contributed by atoms with Crippen LogP contribution in [0.25, 0.3) is 0 Å². The highest BCUT2D eigenvalue weighted by Crippen LogP contribution is 2.25. The fourth-order valence-corrected chi connectivity index (χ4v) is 3.17. The maximum Gasteiger partial charge on any atom is 0.342 e. The molecule has 1 atom stereocenters. The zero-order chi connectivity index (χ0) is 17.8. The van der Waals surface area contributed by atoms with E-state index in [1.54, 1.807) is 24.8 Å². The van der Waals surface area contributed by atoms with Gasteiger partial charge in [0.25, 0.3) is 5.91 Å². The number of aryl methyl sites for hydroxylation is 2. The second-order valence-corrected chi connectivity index (χ2v) is 6.41. The van der Waals surface area contributed by atoms with Crippen molar-refractivity contribution in [3.05, 3.63) is 59.0 Å². The van der Waals surface area contributed by atoms with Crippen molar-refractivity contribution in [1.82, 2.24) is 4.90 Å². The quantitative estimate of drug-likeness (QED) is 0.794. The number of likely N-dealkylation sites (tertiary alicyclic amines) is 1. The number of benzene rings is 1. The molecule has 0 radical (unpaired) electrons. The van der Waals surface area contributed by atoms with Crippen LogP contribution in [0, 0.1) is 13.8 Å². The lowest BCUT2D eigenvalue weighted by molar-refractivity contribution is -0.142. The van der Waals surface area contributed by atoms with E-state index < -0.39 is 12.1 Å². The Balaban J connectivity index is 1.85. The van der Waals surface area contributed by atoms with Crippen LogP contribution >= 0.6 is 0 Å². The van der Waals surface area contributed by atoms with Crippen LogP contribution < -0.4 is 0 Å². The van der Waals surface area contributed by atoms with Crippen LogP contribution in [-0.4, -0.2) is 29.9 Å². The lowest BCUT2D eigenvalue weighted by Gasteiger charge is -2.30. The van der Waals surface area contributed by atoms with Gasteiger partial charge in [0.05, 0.1) is 0 Å². The van der Waals surface area contributed by atoms with Gasteiger partial charge in [0.2, 0.25) is 6.10 Å². The summed E-state index contributed by atoms with van der Waals surface area (Å²) < 4.78 is 11.0. The molecule has 0 bridgehead atoms. The number of piperidine rings is 1. The molecule has 5 heteroatoms. The number of hydrogen-bond donors (Lipinski definition) is 0. The normalized spacial score (nSPS) is 15.7. The minimum atomic E-state index is -0.929. The molecule has 3 rings (SSSR count). The van der Waals surface area contributed by atoms with Crippen LogP contribution in [0.5, 0.6) is 0 Å². The largest absolute Gasteiger partial charge is 0.466 e. The second kappa shape index (κ2) is 7.55. The first-order chi connectivity index (χ1) is 12.1. The summed E-state index contributed by atoms with van der Waals surface area (Å²) in [6, 6.07) is 10.8. The van der Waals surface area contributed by atoms with Crippen LogP contribution in [0.15, 0.2) is 40.8 Å².